The average Bonchev–Trinajstić information content (AvgIpc) is 3.42. The standard InChI is InChI=1S/C24H28N6O3S/c1-28(2)34(32,33)20-9-10-22-21(15-20)27-23(29(22)3)11-12-24(31)25-14-13-18-16-26-30(17-18)19-7-5-4-6-8-19/h4-10,15-17H,11-14H2,1-3H3,(H,25,31). The lowest BCUT2D eigenvalue weighted by Crippen LogP contribution is -2.26. The van der Waals surface area contributed by atoms with Crippen molar-refractivity contribution in [3.05, 3.63) is 72.3 Å². The van der Waals surface area contributed by atoms with Crippen molar-refractivity contribution in [2.45, 2.75) is 24.2 Å². The Balaban J connectivity index is 1.32. The number of fused-ring (bicyclic) bond motifs is 1. The van der Waals surface area contributed by atoms with Crippen molar-refractivity contribution in [3.63, 3.8) is 0 Å². The van der Waals surface area contributed by atoms with Gasteiger partial charge < -0.3 is 9.88 Å². The molecule has 0 saturated heterocycles. The normalized spacial score (nSPS) is 11.9. The van der Waals surface area contributed by atoms with E-state index in [1.165, 1.54) is 18.4 Å². The summed E-state index contributed by atoms with van der Waals surface area (Å²) in [6.07, 6.45) is 5.21. The number of rotatable bonds is 9. The van der Waals surface area contributed by atoms with E-state index in [-0.39, 0.29) is 10.8 Å². The predicted octanol–water partition coefficient (Wildman–Crippen LogP) is 2.30. The van der Waals surface area contributed by atoms with Crippen molar-refractivity contribution in [2.24, 2.45) is 7.05 Å². The van der Waals surface area contributed by atoms with Crippen LogP contribution in [0.1, 0.15) is 17.8 Å². The van der Waals surface area contributed by atoms with Gasteiger partial charge in [-0.05, 0) is 42.3 Å². The Morgan fingerprint density at radius 1 is 1.09 bits per heavy atom. The zero-order valence-electron chi connectivity index (χ0n) is 19.5. The molecule has 10 heteroatoms. The lowest BCUT2D eigenvalue weighted by Gasteiger charge is -2.10. The first-order valence-corrected chi connectivity index (χ1v) is 12.4. The Bertz CT molecular complexity index is 1410. The third kappa shape index (κ3) is 5.02. The van der Waals surface area contributed by atoms with Crippen LogP contribution in [0.3, 0.4) is 0 Å². The van der Waals surface area contributed by atoms with E-state index in [1.54, 1.807) is 18.2 Å². The predicted molar refractivity (Wildman–Crippen MR) is 130 cm³/mol. The van der Waals surface area contributed by atoms with Crippen LogP contribution in [0.15, 0.2) is 65.8 Å². The molecule has 4 aromatic rings. The smallest absolute Gasteiger partial charge is 0.242 e. The van der Waals surface area contributed by atoms with Crippen molar-refractivity contribution in [1.82, 2.24) is 29.0 Å². The molecule has 0 radical (unpaired) electrons. The topological polar surface area (TPSA) is 102 Å². The van der Waals surface area contributed by atoms with Crippen LogP contribution in [0.5, 0.6) is 0 Å². The van der Waals surface area contributed by atoms with Crippen molar-refractivity contribution < 1.29 is 13.2 Å². The summed E-state index contributed by atoms with van der Waals surface area (Å²) in [6, 6.07) is 14.8. The highest BCUT2D eigenvalue weighted by atomic mass is 32.2. The van der Waals surface area contributed by atoms with Crippen LogP contribution in [-0.2, 0) is 34.7 Å². The number of hydrogen-bond acceptors (Lipinski definition) is 5. The van der Waals surface area contributed by atoms with Crippen molar-refractivity contribution in [3.8, 4) is 5.69 Å². The Hall–Kier alpha value is -3.50. The van der Waals surface area contributed by atoms with Gasteiger partial charge in [0.15, 0.2) is 0 Å². The molecule has 0 aliphatic carbocycles. The number of carbonyl (C=O) groups is 1. The fourth-order valence-corrected chi connectivity index (χ4v) is 4.62. The van der Waals surface area contributed by atoms with E-state index in [4.69, 9.17) is 0 Å². The van der Waals surface area contributed by atoms with E-state index in [0.29, 0.717) is 31.3 Å². The maximum absolute atomic E-state index is 12.4. The van der Waals surface area contributed by atoms with E-state index in [9.17, 15) is 13.2 Å². The minimum atomic E-state index is -3.53. The molecule has 0 spiro atoms. The summed E-state index contributed by atoms with van der Waals surface area (Å²) in [7, 11) is 1.33. The van der Waals surface area contributed by atoms with Gasteiger partial charge in [0.2, 0.25) is 15.9 Å². The van der Waals surface area contributed by atoms with Crippen LogP contribution >= 0.6 is 0 Å². The second-order valence-electron chi connectivity index (χ2n) is 8.25. The molecule has 0 bridgehead atoms. The number of carbonyl (C=O) groups excluding carboxylic acids is 1. The number of aromatic nitrogens is 4. The van der Waals surface area contributed by atoms with E-state index in [0.717, 1.165) is 22.6 Å². The summed E-state index contributed by atoms with van der Waals surface area (Å²) in [4.78, 5) is 17.1. The molecule has 9 nitrogen and oxygen atoms in total. The van der Waals surface area contributed by atoms with Crippen molar-refractivity contribution in [2.75, 3.05) is 20.6 Å². The van der Waals surface area contributed by atoms with Gasteiger partial charge in [-0.2, -0.15) is 5.10 Å². The number of imidazole rings is 1. The molecule has 0 fully saturated rings. The summed E-state index contributed by atoms with van der Waals surface area (Å²) < 4.78 is 29.7. The number of para-hydroxylation sites is 1. The lowest BCUT2D eigenvalue weighted by atomic mass is 10.2. The highest BCUT2D eigenvalue weighted by Gasteiger charge is 2.19. The van der Waals surface area contributed by atoms with Crippen LogP contribution in [-0.4, -0.2) is 58.6 Å². The fraction of sp³-hybridized carbons (Fsp3) is 0.292. The van der Waals surface area contributed by atoms with Crippen LogP contribution in [0.4, 0.5) is 0 Å². The van der Waals surface area contributed by atoms with Gasteiger partial charge in [-0.15, -0.1) is 0 Å². The van der Waals surface area contributed by atoms with Gasteiger partial charge in [0.05, 0.1) is 27.8 Å². The summed E-state index contributed by atoms with van der Waals surface area (Å²) in [5, 5.41) is 7.32. The minimum Gasteiger partial charge on any atom is -0.356 e. The number of nitrogens with zero attached hydrogens (tertiary/aromatic N) is 5. The molecule has 0 aliphatic rings. The molecule has 0 aliphatic heterocycles. The number of aryl methyl sites for hydroxylation is 2. The van der Waals surface area contributed by atoms with Crippen molar-refractivity contribution in [1.29, 1.82) is 0 Å². The first-order valence-electron chi connectivity index (χ1n) is 11.0. The molecule has 1 amide bonds. The highest BCUT2D eigenvalue weighted by Crippen LogP contribution is 2.21. The first kappa shape index (κ1) is 23.7. The van der Waals surface area contributed by atoms with Crippen LogP contribution in [0.25, 0.3) is 16.7 Å². The van der Waals surface area contributed by atoms with Gasteiger partial charge in [0.1, 0.15) is 5.82 Å². The summed E-state index contributed by atoms with van der Waals surface area (Å²) in [5.74, 6) is 0.673. The summed E-state index contributed by atoms with van der Waals surface area (Å²) in [6.45, 7) is 0.521. The Labute approximate surface area is 199 Å². The minimum absolute atomic E-state index is 0.0571. The molecular formula is C24H28N6O3S. The lowest BCUT2D eigenvalue weighted by molar-refractivity contribution is -0.121. The summed E-state index contributed by atoms with van der Waals surface area (Å²) in [5.41, 5.74) is 3.45. The average molecular weight is 481 g/mol. The zero-order chi connectivity index (χ0) is 24.3. The molecule has 1 N–H and O–H groups in total. The fourth-order valence-electron chi connectivity index (χ4n) is 3.70. The number of nitrogens with one attached hydrogen (secondary N) is 1. The van der Waals surface area contributed by atoms with Crippen LogP contribution in [0.2, 0.25) is 0 Å². The quantitative estimate of drug-likeness (QED) is 0.396. The van der Waals surface area contributed by atoms with Gasteiger partial charge in [-0.1, -0.05) is 18.2 Å². The van der Waals surface area contributed by atoms with E-state index in [2.05, 4.69) is 15.4 Å². The molecule has 4 rings (SSSR count). The maximum Gasteiger partial charge on any atom is 0.242 e. The summed E-state index contributed by atoms with van der Waals surface area (Å²) >= 11 is 0. The number of hydrogen-bond donors (Lipinski definition) is 1. The number of amides is 1. The Morgan fingerprint density at radius 3 is 2.59 bits per heavy atom. The monoisotopic (exact) mass is 480 g/mol. The second kappa shape index (κ2) is 9.78. The third-order valence-electron chi connectivity index (χ3n) is 5.69. The molecule has 178 valence electrons. The van der Waals surface area contributed by atoms with E-state index >= 15 is 0 Å². The third-order valence-corrected chi connectivity index (χ3v) is 7.50. The van der Waals surface area contributed by atoms with Gasteiger partial charge >= 0.3 is 0 Å². The zero-order valence-corrected chi connectivity index (χ0v) is 20.3. The first-order chi connectivity index (χ1) is 16.3. The molecule has 2 heterocycles. The molecule has 34 heavy (non-hydrogen) atoms. The van der Waals surface area contributed by atoms with E-state index in [1.807, 2.05) is 59.0 Å². The molecule has 2 aromatic heterocycles. The largest absolute Gasteiger partial charge is 0.356 e. The Kier molecular flexibility index (Phi) is 6.80. The highest BCUT2D eigenvalue weighted by molar-refractivity contribution is 7.89. The molecule has 0 unspecified atom stereocenters. The molecular weight excluding hydrogens is 452 g/mol. The molecule has 0 saturated carbocycles. The molecule has 2 aromatic carbocycles. The number of sulfonamides is 1. The second-order valence-corrected chi connectivity index (χ2v) is 10.4. The van der Waals surface area contributed by atoms with Crippen LogP contribution < -0.4 is 5.32 Å². The van der Waals surface area contributed by atoms with Gasteiger partial charge in [0, 0.05) is 46.7 Å². The van der Waals surface area contributed by atoms with E-state index < -0.39 is 10.0 Å². The van der Waals surface area contributed by atoms with Gasteiger partial charge in [0.25, 0.3) is 0 Å². The van der Waals surface area contributed by atoms with Gasteiger partial charge in [-0.3, -0.25) is 4.79 Å². The van der Waals surface area contributed by atoms with Crippen LogP contribution in [0, 0.1) is 0 Å². The van der Waals surface area contributed by atoms with Gasteiger partial charge in [-0.25, -0.2) is 22.4 Å². The Morgan fingerprint density at radius 2 is 1.85 bits per heavy atom. The number of benzene rings is 2. The van der Waals surface area contributed by atoms with Crippen molar-refractivity contribution >= 4 is 27.0 Å². The SMILES string of the molecule is CN(C)S(=O)(=O)c1ccc2c(c1)nc(CCC(=O)NCCc1cnn(-c3ccccc3)c1)n2C. The molecule has 0 atom stereocenters. The maximum atomic E-state index is 12.4.